The first kappa shape index (κ1) is 33.9. The van der Waals surface area contributed by atoms with Gasteiger partial charge in [-0.3, -0.25) is 0 Å². The van der Waals surface area contributed by atoms with Gasteiger partial charge in [-0.15, -0.1) is 0 Å². The molecule has 0 saturated carbocycles. The summed E-state index contributed by atoms with van der Waals surface area (Å²) >= 11 is 0. The van der Waals surface area contributed by atoms with E-state index in [0.29, 0.717) is 42.4 Å². The number of hydrogen-bond acceptors (Lipinski definition) is 7. The molecular weight excluding hydrogens is 604 g/mol. The van der Waals surface area contributed by atoms with Gasteiger partial charge in [0.25, 0.3) is 0 Å². The number of carbonyl (C=O) groups is 1. The highest BCUT2D eigenvalue weighted by atomic mass is 16.5. The summed E-state index contributed by atoms with van der Waals surface area (Å²) in [5.74, 6) is 0.540. The Morgan fingerprint density at radius 2 is 1.75 bits per heavy atom. The molecule has 1 fully saturated rings. The molecule has 0 amide bonds. The van der Waals surface area contributed by atoms with Crippen LogP contribution in [0, 0.1) is 20.8 Å². The predicted octanol–water partition coefficient (Wildman–Crippen LogP) is 8.26. The van der Waals surface area contributed by atoms with Crippen molar-refractivity contribution in [3.05, 3.63) is 64.8 Å². The predicted molar refractivity (Wildman–Crippen MR) is 189 cm³/mol. The van der Waals surface area contributed by atoms with E-state index >= 15 is 0 Å². The van der Waals surface area contributed by atoms with Crippen LogP contribution in [0.2, 0.25) is 0 Å². The molecule has 5 heterocycles. The molecule has 7 rings (SSSR count). The van der Waals surface area contributed by atoms with Gasteiger partial charge < -0.3 is 24.2 Å². The van der Waals surface area contributed by atoms with Gasteiger partial charge in [-0.1, -0.05) is 18.2 Å². The Bertz CT molecular complexity index is 1820. The van der Waals surface area contributed by atoms with Crippen molar-refractivity contribution >= 4 is 17.4 Å². The van der Waals surface area contributed by atoms with Gasteiger partial charge in [-0.25, -0.2) is 9.78 Å². The number of aliphatic carboxylic acids is 1. The SMILES string of the molecule is Cc1cc2c(cc1C)-c1cccc(c1)-c1cc3nc(C)c([C@H](OC(C)(C)C)C(=O)O)c(n3n1)N1CCC(C)(CC1)OCCCC[C@H](C)O2. The van der Waals surface area contributed by atoms with Gasteiger partial charge in [-0.05, 0) is 122 Å². The Morgan fingerprint density at radius 3 is 2.46 bits per heavy atom. The third-order valence-corrected chi connectivity index (χ3v) is 9.73. The van der Waals surface area contributed by atoms with E-state index in [9.17, 15) is 9.90 Å². The number of piperidine rings is 1. The Labute approximate surface area is 284 Å². The minimum atomic E-state index is -1.21. The summed E-state index contributed by atoms with van der Waals surface area (Å²) < 4.78 is 21.2. The average molecular weight is 655 g/mol. The van der Waals surface area contributed by atoms with Crippen LogP contribution in [0.3, 0.4) is 0 Å². The van der Waals surface area contributed by atoms with Crippen LogP contribution in [-0.4, -0.2) is 62.7 Å². The number of carboxylic acids is 1. The molecule has 48 heavy (non-hydrogen) atoms. The maximum Gasteiger partial charge on any atom is 0.337 e. The normalized spacial score (nSPS) is 21.2. The quantitative estimate of drug-likeness (QED) is 0.236. The van der Waals surface area contributed by atoms with Crippen molar-refractivity contribution in [1.29, 1.82) is 0 Å². The molecule has 0 radical (unpaired) electrons. The summed E-state index contributed by atoms with van der Waals surface area (Å²) in [6.07, 6.45) is 3.38. The van der Waals surface area contributed by atoms with Gasteiger partial charge in [0.15, 0.2) is 11.8 Å². The fourth-order valence-electron chi connectivity index (χ4n) is 6.88. The number of ether oxygens (including phenoxy) is 3. The summed E-state index contributed by atoms with van der Waals surface area (Å²) in [6.45, 7) is 18.2. The van der Waals surface area contributed by atoms with Crippen LogP contribution in [0.5, 0.6) is 5.75 Å². The number of carboxylic acid groups (broad SMARTS) is 1. The molecule has 2 aromatic heterocycles. The first-order chi connectivity index (χ1) is 22.7. The number of aryl methyl sites for hydroxylation is 3. The topological polar surface area (TPSA) is 98.4 Å². The Kier molecular flexibility index (Phi) is 9.30. The van der Waals surface area contributed by atoms with Gasteiger partial charge >= 0.3 is 5.97 Å². The number of fused-ring (bicyclic) bond motifs is 8. The van der Waals surface area contributed by atoms with E-state index in [1.165, 1.54) is 11.1 Å². The number of rotatable bonds is 3. The molecule has 1 saturated heterocycles. The van der Waals surface area contributed by atoms with Gasteiger partial charge in [0, 0.05) is 42.6 Å². The summed E-state index contributed by atoms with van der Waals surface area (Å²) in [4.78, 5) is 20.0. The largest absolute Gasteiger partial charge is 0.490 e. The number of nitrogens with zero attached hydrogens (tertiary/aromatic N) is 4. The van der Waals surface area contributed by atoms with Crippen LogP contribution in [0.25, 0.3) is 28.0 Å². The molecule has 2 aromatic carbocycles. The summed E-state index contributed by atoms with van der Waals surface area (Å²) in [5.41, 5.74) is 7.03. The molecule has 256 valence electrons. The van der Waals surface area contributed by atoms with Gasteiger partial charge in [0.2, 0.25) is 0 Å². The van der Waals surface area contributed by atoms with Gasteiger partial charge in [0.1, 0.15) is 11.6 Å². The maximum absolute atomic E-state index is 12.8. The highest BCUT2D eigenvalue weighted by Crippen LogP contribution is 2.40. The Balaban J connectivity index is 1.54. The molecule has 0 spiro atoms. The first-order valence-corrected chi connectivity index (χ1v) is 17.3. The van der Waals surface area contributed by atoms with E-state index in [-0.39, 0.29) is 11.7 Å². The van der Waals surface area contributed by atoms with Crippen LogP contribution >= 0.6 is 0 Å². The van der Waals surface area contributed by atoms with E-state index < -0.39 is 17.7 Å². The lowest BCUT2D eigenvalue weighted by Gasteiger charge is -2.41. The second kappa shape index (κ2) is 13.2. The smallest absolute Gasteiger partial charge is 0.337 e. The molecule has 3 aliphatic heterocycles. The lowest BCUT2D eigenvalue weighted by Crippen LogP contribution is -2.46. The molecule has 4 aromatic rings. The number of hydrogen-bond donors (Lipinski definition) is 1. The van der Waals surface area contributed by atoms with E-state index in [0.717, 1.165) is 60.2 Å². The van der Waals surface area contributed by atoms with Crippen molar-refractivity contribution in [3.63, 3.8) is 0 Å². The van der Waals surface area contributed by atoms with Crippen molar-refractivity contribution in [2.75, 3.05) is 24.6 Å². The van der Waals surface area contributed by atoms with Crippen LogP contribution in [0.4, 0.5) is 5.82 Å². The second-order valence-electron chi connectivity index (χ2n) is 14.9. The first-order valence-electron chi connectivity index (χ1n) is 17.3. The number of benzene rings is 2. The molecule has 0 aliphatic carbocycles. The molecular formula is C39H50N4O5. The zero-order valence-electron chi connectivity index (χ0n) is 29.7. The Hall–Kier alpha value is -3.95. The van der Waals surface area contributed by atoms with Crippen LogP contribution in [-0.2, 0) is 14.3 Å². The minimum Gasteiger partial charge on any atom is -0.490 e. The van der Waals surface area contributed by atoms with E-state index in [1.54, 1.807) is 0 Å². The third kappa shape index (κ3) is 7.08. The number of anilines is 1. The Morgan fingerprint density at radius 1 is 1.04 bits per heavy atom. The maximum atomic E-state index is 12.8. The molecule has 2 atom stereocenters. The van der Waals surface area contributed by atoms with Crippen molar-refractivity contribution in [3.8, 4) is 28.1 Å². The van der Waals surface area contributed by atoms with E-state index in [2.05, 4.69) is 69.0 Å². The number of aromatic nitrogens is 3. The molecule has 6 bridgehead atoms. The average Bonchev–Trinajstić information content (AvgIpc) is 3.44. The highest BCUT2D eigenvalue weighted by Gasteiger charge is 2.38. The van der Waals surface area contributed by atoms with E-state index in [1.807, 2.05) is 38.3 Å². The molecule has 1 N–H and O–H groups in total. The van der Waals surface area contributed by atoms with Crippen LogP contribution < -0.4 is 9.64 Å². The van der Waals surface area contributed by atoms with Crippen molar-refractivity contribution in [2.45, 2.75) is 111 Å². The third-order valence-electron chi connectivity index (χ3n) is 9.73. The van der Waals surface area contributed by atoms with Crippen molar-refractivity contribution in [2.24, 2.45) is 0 Å². The summed E-state index contributed by atoms with van der Waals surface area (Å²) in [7, 11) is 0. The minimum absolute atomic E-state index is 0.0655. The highest BCUT2D eigenvalue weighted by molar-refractivity contribution is 5.80. The van der Waals surface area contributed by atoms with Crippen molar-refractivity contribution in [1.82, 2.24) is 14.6 Å². The van der Waals surface area contributed by atoms with Gasteiger partial charge in [0.05, 0.1) is 28.6 Å². The zero-order chi connectivity index (χ0) is 34.4. The monoisotopic (exact) mass is 654 g/mol. The van der Waals surface area contributed by atoms with Crippen molar-refractivity contribution < 1.29 is 24.1 Å². The lowest BCUT2D eigenvalue weighted by molar-refractivity contribution is -0.160. The van der Waals surface area contributed by atoms with Crippen LogP contribution in [0.15, 0.2) is 42.5 Å². The standard InChI is InChI=1S/C39H50N4O5/c1-24-20-30-28-13-11-14-29(22-28)31-23-33-40-27(4)34(35(37(44)45)48-38(5,6)7)36(43(33)41-31)42-17-15-39(8,16-18-42)46-19-10-9-12-26(3)47-32(30)21-25(24)2/h11,13-14,20-23,26,35H,9-10,12,15-19H2,1-8H3,(H,44,45)/t26-,35-/m0/s1. The zero-order valence-corrected chi connectivity index (χ0v) is 29.7. The molecule has 9 nitrogen and oxygen atoms in total. The fourth-order valence-corrected chi connectivity index (χ4v) is 6.88. The van der Waals surface area contributed by atoms with Gasteiger partial charge in [-0.2, -0.15) is 9.61 Å². The molecule has 0 unspecified atom stereocenters. The lowest BCUT2D eigenvalue weighted by atomic mass is 9.92. The van der Waals surface area contributed by atoms with Crippen LogP contribution in [0.1, 0.15) is 95.2 Å². The fraction of sp³-hybridized carbons (Fsp3) is 0.513. The second-order valence-corrected chi connectivity index (χ2v) is 14.9. The molecule has 9 heteroatoms. The van der Waals surface area contributed by atoms with E-state index in [4.69, 9.17) is 24.3 Å². The summed E-state index contributed by atoms with van der Waals surface area (Å²) in [6, 6.07) is 14.7. The molecule has 3 aliphatic rings. The summed E-state index contributed by atoms with van der Waals surface area (Å²) in [5, 5.41) is 15.6.